The third-order valence-electron chi connectivity index (χ3n) is 3.32. The summed E-state index contributed by atoms with van der Waals surface area (Å²) in [5.74, 6) is 0.201. The molecule has 1 unspecified atom stereocenters. The van der Waals surface area contributed by atoms with Crippen LogP contribution < -0.4 is 10.1 Å². The zero-order valence-electron chi connectivity index (χ0n) is 12.1. The first-order chi connectivity index (χ1) is 10.1. The standard InChI is InChI=1S/C16H17BrFNOS/c1-19-16(10-4-6-11(21-3)7-5-10)12-8-13(17)14(18)9-15(12)20-2/h4-9,16,19H,1-3H3. The fourth-order valence-electron chi connectivity index (χ4n) is 2.24. The number of thioether (sulfide) groups is 1. The summed E-state index contributed by atoms with van der Waals surface area (Å²) in [5, 5.41) is 3.26. The Kier molecular flexibility index (Phi) is 5.67. The highest BCUT2D eigenvalue weighted by atomic mass is 79.9. The Morgan fingerprint density at radius 1 is 1.24 bits per heavy atom. The summed E-state index contributed by atoms with van der Waals surface area (Å²) in [6.45, 7) is 0. The van der Waals surface area contributed by atoms with E-state index in [4.69, 9.17) is 4.74 Å². The maximum atomic E-state index is 13.7. The van der Waals surface area contributed by atoms with Gasteiger partial charge in [-0.05, 0) is 53.0 Å². The van der Waals surface area contributed by atoms with Gasteiger partial charge in [-0.25, -0.2) is 4.39 Å². The molecule has 1 N–H and O–H groups in total. The van der Waals surface area contributed by atoms with Gasteiger partial charge in [0.05, 0.1) is 17.6 Å². The Bertz CT molecular complexity index is 618. The lowest BCUT2D eigenvalue weighted by Crippen LogP contribution is -2.18. The molecule has 0 aliphatic heterocycles. The van der Waals surface area contributed by atoms with Crippen molar-refractivity contribution in [1.29, 1.82) is 0 Å². The van der Waals surface area contributed by atoms with Crippen LogP contribution >= 0.6 is 27.7 Å². The van der Waals surface area contributed by atoms with Crippen molar-refractivity contribution in [2.24, 2.45) is 0 Å². The maximum absolute atomic E-state index is 13.7. The predicted molar refractivity (Wildman–Crippen MR) is 89.8 cm³/mol. The summed E-state index contributed by atoms with van der Waals surface area (Å²) in [4.78, 5) is 1.21. The summed E-state index contributed by atoms with van der Waals surface area (Å²) < 4.78 is 19.4. The largest absolute Gasteiger partial charge is 0.496 e. The fourth-order valence-corrected chi connectivity index (χ4v) is 3.01. The number of nitrogens with one attached hydrogen (secondary N) is 1. The van der Waals surface area contributed by atoms with Gasteiger partial charge in [0.15, 0.2) is 0 Å². The van der Waals surface area contributed by atoms with Crippen LogP contribution in [0.5, 0.6) is 5.75 Å². The number of hydrogen-bond donors (Lipinski definition) is 1. The van der Waals surface area contributed by atoms with Gasteiger partial charge >= 0.3 is 0 Å². The molecule has 21 heavy (non-hydrogen) atoms. The van der Waals surface area contributed by atoms with E-state index in [1.54, 1.807) is 24.9 Å². The molecular weight excluding hydrogens is 353 g/mol. The van der Waals surface area contributed by atoms with E-state index in [0.717, 1.165) is 11.1 Å². The third-order valence-corrected chi connectivity index (χ3v) is 4.67. The first kappa shape index (κ1) is 16.3. The summed E-state index contributed by atoms with van der Waals surface area (Å²) in [5.41, 5.74) is 2.00. The molecule has 0 saturated carbocycles. The summed E-state index contributed by atoms with van der Waals surface area (Å²) in [7, 11) is 3.43. The van der Waals surface area contributed by atoms with Crippen molar-refractivity contribution in [3.63, 3.8) is 0 Å². The van der Waals surface area contributed by atoms with Crippen LogP contribution in [-0.2, 0) is 0 Å². The molecule has 0 aromatic heterocycles. The van der Waals surface area contributed by atoms with Gasteiger partial charge in [-0.2, -0.15) is 0 Å². The second kappa shape index (κ2) is 7.29. The molecule has 0 amide bonds. The molecule has 5 heteroatoms. The first-order valence-corrected chi connectivity index (χ1v) is 8.46. The normalized spacial score (nSPS) is 12.2. The molecule has 1 atom stereocenters. The number of halogens is 2. The van der Waals surface area contributed by atoms with Gasteiger partial charge in [0.2, 0.25) is 0 Å². The predicted octanol–water partition coefficient (Wildman–Crippen LogP) is 4.63. The van der Waals surface area contributed by atoms with Crippen LogP contribution in [0, 0.1) is 5.82 Å². The van der Waals surface area contributed by atoms with Crippen molar-refractivity contribution in [2.45, 2.75) is 10.9 Å². The monoisotopic (exact) mass is 369 g/mol. The van der Waals surface area contributed by atoms with E-state index in [9.17, 15) is 4.39 Å². The Morgan fingerprint density at radius 2 is 1.90 bits per heavy atom. The van der Waals surface area contributed by atoms with Crippen molar-refractivity contribution < 1.29 is 9.13 Å². The Labute approximate surface area is 137 Å². The molecule has 0 heterocycles. The average Bonchev–Trinajstić information content (AvgIpc) is 2.51. The van der Waals surface area contributed by atoms with E-state index in [1.165, 1.54) is 11.0 Å². The molecule has 0 aliphatic carbocycles. The number of hydrogen-bond acceptors (Lipinski definition) is 3. The molecule has 112 valence electrons. The molecule has 0 bridgehead atoms. The molecule has 2 rings (SSSR count). The van der Waals surface area contributed by atoms with Crippen LogP contribution in [0.2, 0.25) is 0 Å². The van der Waals surface area contributed by atoms with Crippen LogP contribution in [0.3, 0.4) is 0 Å². The average molecular weight is 370 g/mol. The van der Waals surface area contributed by atoms with Crippen LogP contribution in [0.1, 0.15) is 17.2 Å². The highest BCUT2D eigenvalue weighted by molar-refractivity contribution is 9.10. The number of rotatable bonds is 5. The lowest BCUT2D eigenvalue weighted by atomic mass is 9.98. The Balaban J connectivity index is 2.47. The third kappa shape index (κ3) is 3.59. The molecular formula is C16H17BrFNOS. The molecule has 2 aromatic carbocycles. The van der Waals surface area contributed by atoms with Crippen molar-refractivity contribution in [1.82, 2.24) is 5.32 Å². The lowest BCUT2D eigenvalue weighted by Gasteiger charge is -2.20. The fraction of sp³-hybridized carbons (Fsp3) is 0.250. The Hall–Kier alpha value is -1.04. The van der Waals surface area contributed by atoms with Crippen molar-refractivity contribution >= 4 is 27.7 Å². The minimum atomic E-state index is -0.330. The zero-order valence-corrected chi connectivity index (χ0v) is 14.5. The van der Waals surface area contributed by atoms with Gasteiger partial charge in [0.1, 0.15) is 11.6 Å². The van der Waals surface area contributed by atoms with E-state index in [1.807, 2.05) is 13.3 Å². The smallest absolute Gasteiger partial charge is 0.141 e. The molecule has 2 nitrogen and oxygen atoms in total. The minimum Gasteiger partial charge on any atom is -0.496 e. The van der Waals surface area contributed by atoms with Gasteiger partial charge in [-0.3, -0.25) is 0 Å². The number of ether oxygens (including phenoxy) is 1. The molecule has 2 aromatic rings. The van der Waals surface area contributed by atoms with Crippen LogP contribution in [0.4, 0.5) is 4.39 Å². The SMILES string of the molecule is CNC(c1ccc(SC)cc1)c1cc(Br)c(F)cc1OC. The van der Waals surface area contributed by atoms with Gasteiger partial charge in [-0.15, -0.1) is 11.8 Å². The van der Waals surface area contributed by atoms with Crippen molar-refractivity contribution in [3.8, 4) is 5.75 Å². The second-order valence-electron chi connectivity index (χ2n) is 4.50. The van der Waals surface area contributed by atoms with E-state index in [-0.39, 0.29) is 11.9 Å². The summed E-state index contributed by atoms with van der Waals surface area (Å²) in [6.07, 6.45) is 2.05. The van der Waals surface area contributed by atoms with Gasteiger partial charge in [-0.1, -0.05) is 12.1 Å². The van der Waals surface area contributed by atoms with E-state index >= 15 is 0 Å². The van der Waals surface area contributed by atoms with Crippen LogP contribution in [-0.4, -0.2) is 20.4 Å². The minimum absolute atomic E-state index is 0.0623. The van der Waals surface area contributed by atoms with E-state index in [0.29, 0.717) is 10.2 Å². The van der Waals surface area contributed by atoms with Crippen LogP contribution in [0.15, 0.2) is 45.8 Å². The van der Waals surface area contributed by atoms with Crippen LogP contribution in [0.25, 0.3) is 0 Å². The summed E-state index contributed by atoms with van der Waals surface area (Å²) >= 11 is 4.94. The lowest BCUT2D eigenvalue weighted by molar-refractivity contribution is 0.401. The van der Waals surface area contributed by atoms with Gasteiger partial charge in [0.25, 0.3) is 0 Å². The maximum Gasteiger partial charge on any atom is 0.141 e. The number of methoxy groups -OCH3 is 1. The van der Waals surface area contributed by atoms with Crippen molar-refractivity contribution in [2.75, 3.05) is 20.4 Å². The number of benzene rings is 2. The highest BCUT2D eigenvalue weighted by Gasteiger charge is 2.19. The van der Waals surface area contributed by atoms with E-state index < -0.39 is 0 Å². The molecule has 0 radical (unpaired) electrons. The first-order valence-electron chi connectivity index (χ1n) is 6.44. The molecule has 0 spiro atoms. The van der Waals surface area contributed by atoms with Crippen molar-refractivity contribution in [3.05, 3.63) is 57.8 Å². The topological polar surface area (TPSA) is 21.3 Å². The van der Waals surface area contributed by atoms with E-state index in [2.05, 4.69) is 45.5 Å². The molecule has 0 saturated heterocycles. The van der Waals surface area contributed by atoms with Gasteiger partial charge in [0, 0.05) is 16.5 Å². The molecule has 0 fully saturated rings. The second-order valence-corrected chi connectivity index (χ2v) is 6.24. The highest BCUT2D eigenvalue weighted by Crippen LogP contribution is 2.34. The van der Waals surface area contributed by atoms with Gasteiger partial charge < -0.3 is 10.1 Å². The molecule has 0 aliphatic rings. The Morgan fingerprint density at radius 3 is 2.43 bits per heavy atom. The summed E-state index contributed by atoms with van der Waals surface area (Å²) in [6, 6.07) is 11.4. The zero-order chi connectivity index (χ0) is 15.4. The quantitative estimate of drug-likeness (QED) is 0.776.